The minimum atomic E-state index is 0.384. The molecule has 0 N–H and O–H groups in total. The number of likely N-dealkylation sites (N-methyl/N-ethyl adjacent to an activating group) is 2. The molecule has 66 valence electrons. The summed E-state index contributed by atoms with van der Waals surface area (Å²) in [5.74, 6) is 0. The average Bonchev–Trinajstić information content (AvgIpc) is 2.30. The predicted octanol–water partition coefficient (Wildman–Crippen LogP) is -0.123. The number of ether oxygens (including phenoxy) is 1. The third kappa shape index (κ3) is 1.92. The van der Waals surface area contributed by atoms with Gasteiger partial charge in [0.15, 0.2) is 0 Å². The van der Waals surface area contributed by atoms with Crippen molar-refractivity contribution < 1.29 is 4.74 Å². The fourth-order valence-corrected chi connectivity index (χ4v) is 1.67. The molecule has 3 heteroatoms. The normalized spacial score (nSPS) is 33.5. The summed E-state index contributed by atoms with van der Waals surface area (Å²) in [5.41, 5.74) is 0. The number of likely N-dealkylation sites (tertiary alicyclic amines) is 1. The lowest BCUT2D eigenvalue weighted by Gasteiger charge is -2.23. The van der Waals surface area contributed by atoms with Gasteiger partial charge in [-0.25, -0.2) is 0 Å². The van der Waals surface area contributed by atoms with E-state index >= 15 is 0 Å². The van der Waals surface area contributed by atoms with Crippen LogP contribution in [0.5, 0.6) is 0 Å². The van der Waals surface area contributed by atoms with Crippen molar-refractivity contribution >= 4 is 0 Å². The fourth-order valence-electron chi connectivity index (χ4n) is 1.67. The van der Waals surface area contributed by atoms with Crippen LogP contribution in [0.3, 0.4) is 0 Å². The zero-order chi connectivity index (χ0) is 8.43. The summed E-state index contributed by atoms with van der Waals surface area (Å²) in [5, 5.41) is 0. The molecule has 2 unspecified atom stereocenters. The molecule has 1 aliphatic rings. The van der Waals surface area contributed by atoms with Crippen LogP contribution in [-0.4, -0.2) is 63.3 Å². The molecule has 1 rings (SSSR count). The third-order valence-electron chi connectivity index (χ3n) is 2.39. The van der Waals surface area contributed by atoms with Crippen LogP contribution in [0.1, 0.15) is 0 Å². The average molecular weight is 158 g/mol. The highest BCUT2D eigenvalue weighted by atomic mass is 16.5. The first kappa shape index (κ1) is 8.97. The number of nitrogens with zero attached hydrogens (tertiary/aromatic N) is 2. The number of hydrogen-bond donors (Lipinski definition) is 0. The van der Waals surface area contributed by atoms with E-state index in [1.807, 2.05) is 0 Å². The second kappa shape index (κ2) is 3.52. The smallest absolute Gasteiger partial charge is 0.0865 e. The molecule has 0 radical (unpaired) electrons. The van der Waals surface area contributed by atoms with E-state index in [0.29, 0.717) is 12.1 Å². The van der Waals surface area contributed by atoms with Gasteiger partial charge in [0, 0.05) is 26.2 Å². The van der Waals surface area contributed by atoms with Crippen LogP contribution in [0.4, 0.5) is 0 Å². The number of hydrogen-bond acceptors (Lipinski definition) is 3. The molecule has 1 fully saturated rings. The van der Waals surface area contributed by atoms with Crippen molar-refractivity contribution in [3.8, 4) is 0 Å². The van der Waals surface area contributed by atoms with Crippen molar-refractivity contribution in [2.75, 3.05) is 41.3 Å². The van der Waals surface area contributed by atoms with Gasteiger partial charge in [-0.1, -0.05) is 0 Å². The molecule has 1 heterocycles. The highest BCUT2D eigenvalue weighted by Gasteiger charge is 2.31. The van der Waals surface area contributed by atoms with Gasteiger partial charge >= 0.3 is 0 Å². The predicted molar refractivity (Wildman–Crippen MR) is 45.8 cm³/mol. The zero-order valence-electron chi connectivity index (χ0n) is 7.87. The van der Waals surface area contributed by atoms with Crippen molar-refractivity contribution in [3.63, 3.8) is 0 Å². The summed E-state index contributed by atoms with van der Waals surface area (Å²) in [6, 6.07) is 0.560. The molecule has 2 atom stereocenters. The Hall–Kier alpha value is -0.120. The Balaban J connectivity index is 2.50. The van der Waals surface area contributed by atoms with E-state index in [4.69, 9.17) is 4.74 Å². The standard InChI is InChI=1S/C8H18N2O/c1-9(2)7-5-10(3)6-8(7)11-4/h7-8H,5-6H2,1-4H3. The molecular formula is C8H18N2O. The van der Waals surface area contributed by atoms with Gasteiger partial charge in [-0.05, 0) is 21.1 Å². The highest BCUT2D eigenvalue weighted by Crippen LogP contribution is 2.14. The second-order valence-electron chi connectivity index (χ2n) is 3.53. The fraction of sp³-hybridized carbons (Fsp3) is 1.00. The highest BCUT2D eigenvalue weighted by molar-refractivity contribution is 4.88. The lowest BCUT2D eigenvalue weighted by molar-refractivity contribution is 0.0619. The van der Waals surface area contributed by atoms with Crippen LogP contribution in [0.2, 0.25) is 0 Å². The molecule has 0 aromatic heterocycles. The van der Waals surface area contributed by atoms with Crippen molar-refractivity contribution in [1.82, 2.24) is 9.80 Å². The SMILES string of the molecule is COC1CN(C)CC1N(C)C. The molecule has 0 saturated carbocycles. The van der Waals surface area contributed by atoms with Crippen molar-refractivity contribution in [2.45, 2.75) is 12.1 Å². The van der Waals surface area contributed by atoms with E-state index in [0.717, 1.165) is 13.1 Å². The topological polar surface area (TPSA) is 15.7 Å². The van der Waals surface area contributed by atoms with Gasteiger partial charge in [0.2, 0.25) is 0 Å². The van der Waals surface area contributed by atoms with Crippen molar-refractivity contribution in [1.29, 1.82) is 0 Å². The Morgan fingerprint density at radius 2 is 2.00 bits per heavy atom. The van der Waals surface area contributed by atoms with Gasteiger partial charge in [-0.2, -0.15) is 0 Å². The summed E-state index contributed by atoms with van der Waals surface area (Å²) in [6.07, 6.45) is 0.384. The van der Waals surface area contributed by atoms with Crippen LogP contribution >= 0.6 is 0 Å². The molecule has 0 aromatic carbocycles. The lowest BCUT2D eigenvalue weighted by Crippen LogP contribution is -2.38. The van der Waals surface area contributed by atoms with E-state index in [-0.39, 0.29) is 0 Å². The van der Waals surface area contributed by atoms with Crippen molar-refractivity contribution in [2.24, 2.45) is 0 Å². The first-order valence-electron chi connectivity index (χ1n) is 4.03. The van der Waals surface area contributed by atoms with Gasteiger partial charge in [0.05, 0.1) is 6.10 Å². The second-order valence-corrected chi connectivity index (χ2v) is 3.53. The van der Waals surface area contributed by atoms with Crippen LogP contribution in [0.15, 0.2) is 0 Å². The number of rotatable bonds is 2. The Kier molecular flexibility index (Phi) is 2.87. The Labute approximate surface area is 68.9 Å². The molecule has 0 aromatic rings. The minimum absolute atomic E-state index is 0.384. The quantitative estimate of drug-likeness (QED) is 0.557. The van der Waals surface area contributed by atoms with Crippen LogP contribution in [0, 0.1) is 0 Å². The van der Waals surface area contributed by atoms with Gasteiger partial charge in [-0.3, -0.25) is 0 Å². The molecule has 0 aliphatic carbocycles. The lowest BCUT2D eigenvalue weighted by atomic mass is 10.2. The van der Waals surface area contributed by atoms with E-state index in [1.54, 1.807) is 7.11 Å². The molecule has 3 nitrogen and oxygen atoms in total. The summed E-state index contributed by atoms with van der Waals surface area (Å²) in [6.45, 7) is 2.17. The van der Waals surface area contributed by atoms with Crippen LogP contribution in [0.25, 0.3) is 0 Å². The molecule has 0 bridgehead atoms. The third-order valence-corrected chi connectivity index (χ3v) is 2.39. The summed E-state index contributed by atoms with van der Waals surface area (Å²) in [7, 11) is 8.14. The summed E-state index contributed by atoms with van der Waals surface area (Å²) < 4.78 is 5.37. The first-order valence-corrected chi connectivity index (χ1v) is 4.03. The molecule has 0 spiro atoms. The van der Waals surface area contributed by atoms with Crippen LogP contribution in [-0.2, 0) is 4.74 Å². The van der Waals surface area contributed by atoms with E-state index in [9.17, 15) is 0 Å². The Bertz CT molecular complexity index is 127. The maximum absolute atomic E-state index is 5.37. The van der Waals surface area contributed by atoms with Gasteiger partial charge in [0.1, 0.15) is 0 Å². The summed E-state index contributed by atoms with van der Waals surface area (Å²) >= 11 is 0. The van der Waals surface area contributed by atoms with Crippen molar-refractivity contribution in [3.05, 3.63) is 0 Å². The maximum atomic E-state index is 5.37. The van der Waals surface area contributed by atoms with E-state index in [2.05, 4.69) is 30.9 Å². The maximum Gasteiger partial charge on any atom is 0.0865 e. The van der Waals surface area contributed by atoms with E-state index < -0.39 is 0 Å². The van der Waals surface area contributed by atoms with Gasteiger partial charge < -0.3 is 14.5 Å². The van der Waals surface area contributed by atoms with Gasteiger partial charge in [0.25, 0.3) is 0 Å². The largest absolute Gasteiger partial charge is 0.378 e. The molecule has 0 amide bonds. The van der Waals surface area contributed by atoms with E-state index in [1.165, 1.54) is 0 Å². The first-order chi connectivity index (χ1) is 5.15. The monoisotopic (exact) mass is 158 g/mol. The molecule has 11 heavy (non-hydrogen) atoms. The van der Waals surface area contributed by atoms with Crippen LogP contribution < -0.4 is 0 Å². The Morgan fingerprint density at radius 3 is 2.36 bits per heavy atom. The summed E-state index contributed by atoms with van der Waals surface area (Å²) in [4.78, 5) is 4.54. The minimum Gasteiger partial charge on any atom is -0.378 e. The molecule has 1 aliphatic heterocycles. The zero-order valence-corrected chi connectivity index (χ0v) is 7.87. The molecule has 1 saturated heterocycles. The molecular weight excluding hydrogens is 140 g/mol. The Morgan fingerprint density at radius 1 is 1.36 bits per heavy atom. The van der Waals surface area contributed by atoms with Gasteiger partial charge in [-0.15, -0.1) is 0 Å². The number of methoxy groups -OCH3 is 1.